The molecule has 0 spiro atoms. The van der Waals surface area contributed by atoms with E-state index in [1.165, 1.54) is 30.5 Å². The van der Waals surface area contributed by atoms with E-state index in [0.717, 1.165) is 14.8 Å². The van der Waals surface area contributed by atoms with E-state index < -0.39 is 28.7 Å². The van der Waals surface area contributed by atoms with Crippen LogP contribution in [0.25, 0.3) is 5.69 Å². The summed E-state index contributed by atoms with van der Waals surface area (Å²) in [6.07, 6.45) is 1.47. The Balaban J connectivity index is 1.79. The highest BCUT2D eigenvalue weighted by Gasteiger charge is 2.20. The van der Waals surface area contributed by atoms with Gasteiger partial charge < -0.3 is 9.73 Å². The Bertz CT molecular complexity index is 1360. The first kappa shape index (κ1) is 21.0. The molecule has 0 atom stereocenters. The first-order chi connectivity index (χ1) is 15.4. The van der Waals surface area contributed by atoms with Crippen LogP contribution in [0.5, 0.6) is 0 Å². The van der Waals surface area contributed by atoms with Crippen molar-refractivity contribution in [2.24, 2.45) is 0 Å². The Labute approximate surface area is 181 Å². The van der Waals surface area contributed by atoms with Gasteiger partial charge in [-0.3, -0.25) is 14.2 Å². The number of furan rings is 1. The van der Waals surface area contributed by atoms with Crippen LogP contribution in [0.2, 0.25) is 0 Å². The van der Waals surface area contributed by atoms with Crippen LogP contribution < -0.4 is 16.6 Å². The number of carbonyl (C=O) groups excluding carboxylic acids is 1. The maximum Gasteiger partial charge on any atom is 0.352 e. The van der Waals surface area contributed by atoms with Crippen LogP contribution in [0.3, 0.4) is 0 Å². The Morgan fingerprint density at radius 1 is 1.06 bits per heavy atom. The maximum atomic E-state index is 13.3. The summed E-state index contributed by atoms with van der Waals surface area (Å²) in [4.78, 5) is 38.9. The molecule has 0 aliphatic carbocycles. The molecule has 0 saturated heterocycles. The lowest BCUT2D eigenvalue weighted by molar-refractivity contribution is 0.0938. The maximum absolute atomic E-state index is 13.3. The zero-order valence-electron chi connectivity index (χ0n) is 17.1. The minimum Gasteiger partial charge on any atom is -0.467 e. The van der Waals surface area contributed by atoms with E-state index in [4.69, 9.17) is 4.42 Å². The van der Waals surface area contributed by atoms with Gasteiger partial charge in [0.1, 0.15) is 11.6 Å². The molecule has 1 amide bonds. The third-order valence-electron chi connectivity index (χ3n) is 4.81. The van der Waals surface area contributed by atoms with Gasteiger partial charge in [-0.05, 0) is 48.9 Å². The summed E-state index contributed by atoms with van der Waals surface area (Å²) in [5.41, 5.74) is -0.121. The monoisotopic (exact) mass is 434 g/mol. The number of amides is 1. The van der Waals surface area contributed by atoms with Crippen LogP contribution in [0, 0.1) is 12.7 Å². The van der Waals surface area contributed by atoms with Crippen molar-refractivity contribution in [3.05, 3.63) is 116 Å². The number of benzene rings is 2. The van der Waals surface area contributed by atoms with Gasteiger partial charge in [-0.15, -0.1) is 0 Å². The second-order valence-electron chi connectivity index (χ2n) is 7.16. The topological polar surface area (TPSA) is 99.1 Å². The molecule has 0 saturated carbocycles. The summed E-state index contributed by atoms with van der Waals surface area (Å²) < 4.78 is 20.4. The van der Waals surface area contributed by atoms with Gasteiger partial charge in [0.2, 0.25) is 5.69 Å². The van der Waals surface area contributed by atoms with Crippen molar-refractivity contribution in [3.8, 4) is 5.69 Å². The van der Waals surface area contributed by atoms with Gasteiger partial charge in [0, 0.05) is 0 Å². The van der Waals surface area contributed by atoms with Crippen LogP contribution in [-0.2, 0) is 13.1 Å². The summed E-state index contributed by atoms with van der Waals surface area (Å²) in [5.74, 6) is -0.692. The van der Waals surface area contributed by atoms with Gasteiger partial charge in [0.25, 0.3) is 11.5 Å². The number of nitrogens with zero attached hydrogens (tertiary/aromatic N) is 3. The molecule has 0 aliphatic heterocycles. The molecule has 2 aromatic heterocycles. The number of rotatable bonds is 6. The highest BCUT2D eigenvalue weighted by atomic mass is 19.1. The van der Waals surface area contributed by atoms with Crippen LogP contribution in [-0.4, -0.2) is 20.3 Å². The summed E-state index contributed by atoms with van der Waals surface area (Å²) in [6, 6.07) is 15.7. The van der Waals surface area contributed by atoms with Crippen molar-refractivity contribution in [3.63, 3.8) is 0 Å². The van der Waals surface area contributed by atoms with E-state index in [1.54, 1.807) is 36.4 Å². The van der Waals surface area contributed by atoms with E-state index in [-0.39, 0.29) is 13.1 Å². The molecule has 0 radical (unpaired) electrons. The SMILES string of the molecule is Cc1ccc(-n2nc(C(=O)NCc3ccco3)c(=O)n(Cc3ccc(F)cc3)c2=O)cc1. The van der Waals surface area contributed by atoms with Gasteiger partial charge in [-0.1, -0.05) is 29.8 Å². The molecule has 9 heteroatoms. The molecule has 0 unspecified atom stereocenters. The van der Waals surface area contributed by atoms with Crippen molar-refractivity contribution in [2.75, 3.05) is 0 Å². The number of halogens is 1. The zero-order valence-corrected chi connectivity index (χ0v) is 17.1. The largest absolute Gasteiger partial charge is 0.467 e. The summed E-state index contributed by atoms with van der Waals surface area (Å²) in [6.45, 7) is 1.79. The van der Waals surface area contributed by atoms with Crippen molar-refractivity contribution >= 4 is 5.91 Å². The van der Waals surface area contributed by atoms with Gasteiger partial charge in [-0.2, -0.15) is 9.78 Å². The van der Waals surface area contributed by atoms with Gasteiger partial charge in [0.15, 0.2) is 0 Å². The first-order valence-corrected chi connectivity index (χ1v) is 9.78. The van der Waals surface area contributed by atoms with E-state index in [0.29, 0.717) is 17.0 Å². The lowest BCUT2D eigenvalue weighted by Gasteiger charge is -2.12. The minimum atomic E-state index is -0.848. The Kier molecular flexibility index (Phi) is 5.80. The first-order valence-electron chi connectivity index (χ1n) is 9.78. The molecule has 8 nitrogen and oxygen atoms in total. The van der Waals surface area contributed by atoms with E-state index in [1.807, 2.05) is 6.92 Å². The zero-order chi connectivity index (χ0) is 22.7. The number of aryl methyl sites for hydroxylation is 1. The number of aromatic nitrogens is 3. The molecule has 2 heterocycles. The summed E-state index contributed by atoms with van der Waals surface area (Å²) in [5, 5.41) is 6.63. The third kappa shape index (κ3) is 4.41. The molecule has 0 aliphatic rings. The lowest BCUT2D eigenvalue weighted by atomic mass is 10.2. The van der Waals surface area contributed by atoms with Gasteiger partial charge in [0.05, 0.1) is 25.0 Å². The van der Waals surface area contributed by atoms with Crippen molar-refractivity contribution in [2.45, 2.75) is 20.0 Å². The quantitative estimate of drug-likeness (QED) is 0.503. The second-order valence-corrected chi connectivity index (χ2v) is 7.16. The standard InChI is InChI=1S/C23H19FN4O4/c1-15-4-10-18(11-5-15)28-23(31)27(14-16-6-8-17(24)9-7-16)22(30)20(26-28)21(29)25-13-19-3-2-12-32-19/h2-12H,13-14H2,1H3,(H,25,29). The fourth-order valence-corrected chi connectivity index (χ4v) is 3.09. The smallest absolute Gasteiger partial charge is 0.352 e. The fraction of sp³-hybridized carbons (Fsp3) is 0.130. The van der Waals surface area contributed by atoms with E-state index >= 15 is 0 Å². The Morgan fingerprint density at radius 2 is 1.78 bits per heavy atom. The average molecular weight is 434 g/mol. The number of hydrogen-bond donors (Lipinski definition) is 1. The van der Waals surface area contributed by atoms with Crippen molar-refractivity contribution in [1.82, 2.24) is 19.7 Å². The predicted octanol–water partition coefficient (Wildman–Crippen LogP) is 2.41. The molecule has 0 fully saturated rings. The van der Waals surface area contributed by atoms with Gasteiger partial charge >= 0.3 is 5.69 Å². The lowest BCUT2D eigenvalue weighted by Crippen LogP contribution is -2.46. The highest BCUT2D eigenvalue weighted by Crippen LogP contribution is 2.07. The molecule has 32 heavy (non-hydrogen) atoms. The second kappa shape index (κ2) is 8.84. The van der Waals surface area contributed by atoms with E-state index in [9.17, 15) is 18.8 Å². The predicted molar refractivity (Wildman–Crippen MR) is 114 cm³/mol. The number of hydrogen-bond acceptors (Lipinski definition) is 5. The molecule has 0 bridgehead atoms. The molecule has 4 rings (SSSR count). The minimum absolute atomic E-state index is 0.0502. The molecule has 1 N–H and O–H groups in total. The highest BCUT2D eigenvalue weighted by molar-refractivity contribution is 5.91. The van der Waals surface area contributed by atoms with Gasteiger partial charge in [-0.25, -0.2) is 9.18 Å². The van der Waals surface area contributed by atoms with Crippen LogP contribution in [0.15, 0.2) is 80.9 Å². The van der Waals surface area contributed by atoms with Crippen LogP contribution in [0.1, 0.15) is 27.4 Å². The molecular formula is C23H19FN4O4. The average Bonchev–Trinajstić information content (AvgIpc) is 3.31. The fourth-order valence-electron chi connectivity index (χ4n) is 3.09. The van der Waals surface area contributed by atoms with E-state index in [2.05, 4.69) is 10.4 Å². The molecule has 4 aromatic rings. The third-order valence-corrected chi connectivity index (χ3v) is 4.81. The molecule has 2 aromatic carbocycles. The molecule has 162 valence electrons. The molecular weight excluding hydrogens is 415 g/mol. The summed E-state index contributed by atoms with van der Waals surface area (Å²) in [7, 11) is 0. The van der Waals surface area contributed by atoms with Crippen LogP contribution >= 0.6 is 0 Å². The normalized spacial score (nSPS) is 10.8. The summed E-state index contributed by atoms with van der Waals surface area (Å²) >= 11 is 0. The Hall–Kier alpha value is -4.27. The van der Waals surface area contributed by atoms with Crippen molar-refractivity contribution in [1.29, 1.82) is 0 Å². The Morgan fingerprint density at radius 3 is 2.44 bits per heavy atom. The number of carbonyl (C=O) groups is 1. The van der Waals surface area contributed by atoms with Crippen LogP contribution in [0.4, 0.5) is 4.39 Å². The van der Waals surface area contributed by atoms with Crippen molar-refractivity contribution < 1.29 is 13.6 Å². The number of nitrogens with one attached hydrogen (secondary N) is 1.